The fourth-order valence-electron chi connectivity index (χ4n) is 4.45. The van der Waals surface area contributed by atoms with Gasteiger partial charge in [-0.15, -0.1) is 0 Å². The van der Waals surface area contributed by atoms with E-state index in [2.05, 4.69) is 35.4 Å². The van der Waals surface area contributed by atoms with Crippen LogP contribution in [-0.4, -0.2) is 21.0 Å². The Hall–Kier alpha value is -2.79. The molecule has 4 rings (SSSR count). The SMILES string of the molecule is CC.CC(=O)Nc1ncccc1Cc1cc2ccc(C(O)C3CCCCC3)nc2cc1C. The monoisotopic (exact) mass is 433 g/mol. The molecule has 1 aliphatic carbocycles. The molecule has 1 amide bonds. The first-order valence-corrected chi connectivity index (χ1v) is 11.8. The van der Waals surface area contributed by atoms with Gasteiger partial charge in [-0.1, -0.05) is 45.2 Å². The average Bonchev–Trinajstić information content (AvgIpc) is 2.81. The molecule has 0 bridgehead atoms. The van der Waals surface area contributed by atoms with Crippen LogP contribution in [0.15, 0.2) is 42.6 Å². The lowest BCUT2D eigenvalue weighted by Gasteiger charge is -2.26. The van der Waals surface area contributed by atoms with Gasteiger partial charge in [0.1, 0.15) is 5.82 Å². The molecule has 1 atom stereocenters. The molecular weight excluding hydrogens is 398 g/mol. The van der Waals surface area contributed by atoms with Crippen LogP contribution in [0.4, 0.5) is 5.82 Å². The highest BCUT2D eigenvalue weighted by molar-refractivity contribution is 5.88. The molecule has 2 heterocycles. The predicted octanol–water partition coefficient (Wildman–Crippen LogP) is 6.13. The third-order valence-electron chi connectivity index (χ3n) is 6.13. The third-order valence-corrected chi connectivity index (χ3v) is 6.13. The van der Waals surface area contributed by atoms with E-state index in [0.717, 1.165) is 40.6 Å². The van der Waals surface area contributed by atoms with Crippen molar-refractivity contribution < 1.29 is 9.90 Å². The number of pyridine rings is 2. The fraction of sp³-hybridized carbons (Fsp3) is 0.444. The summed E-state index contributed by atoms with van der Waals surface area (Å²) in [6.07, 6.45) is 7.73. The van der Waals surface area contributed by atoms with Crippen molar-refractivity contribution >= 4 is 22.6 Å². The molecule has 1 aliphatic rings. The second-order valence-corrected chi connectivity index (χ2v) is 8.42. The number of aryl methyl sites for hydroxylation is 1. The van der Waals surface area contributed by atoms with Crippen LogP contribution in [0, 0.1) is 12.8 Å². The van der Waals surface area contributed by atoms with Crippen molar-refractivity contribution in [1.29, 1.82) is 0 Å². The lowest BCUT2D eigenvalue weighted by atomic mass is 9.84. The zero-order valence-corrected chi connectivity index (χ0v) is 19.7. The molecule has 0 aliphatic heterocycles. The zero-order valence-electron chi connectivity index (χ0n) is 19.7. The lowest BCUT2D eigenvalue weighted by Crippen LogP contribution is -2.17. The molecule has 2 aromatic heterocycles. The Morgan fingerprint density at radius 3 is 2.59 bits per heavy atom. The normalized spacial score (nSPS) is 15.0. The molecule has 3 aromatic rings. The Morgan fingerprint density at radius 1 is 1.12 bits per heavy atom. The molecule has 1 fully saturated rings. The highest BCUT2D eigenvalue weighted by Gasteiger charge is 2.24. The number of benzene rings is 1. The van der Waals surface area contributed by atoms with Crippen LogP contribution < -0.4 is 5.32 Å². The van der Waals surface area contributed by atoms with E-state index in [0.29, 0.717) is 18.2 Å². The average molecular weight is 434 g/mol. The topological polar surface area (TPSA) is 75.1 Å². The van der Waals surface area contributed by atoms with Gasteiger partial charge in [-0.05, 0) is 66.6 Å². The molecule has 1 aromatic carbocycles. The van der Waals surface area contributed by atoms with Crippen molar-refractivity contribution in [3.05, 3.63) is 65.0 Å². The number of aromatic nitrogens is 2. The summed E-state index contributed by atoms with van der Waals surface area (Å²) < 4.78 is 0. The summed E-state index contributed by atoms with van der Waals surface area (Å²) >= 11 is 0. The minimum absolute atomic E-state index is 0.126. The summed E-state index contributed by atoms with van der Waals surface area (Å²) in [4.78, 5) is 20.6. The van der Waals surface area contributed by atoms with E-state index in [1.807, 2.05) is 32.0 Å². The standard InChI is InChI=1S/C25H29N3O2.C2H6/c1-16-13-23-19(10-11-22(28-23)24(30)18-7-4-3-5-8-18)14-21(16)15-20-9-6-12-26-25(20)27-17(2)29;1-2/h6,9-14,18,24,30H,3-5,7-8,15H2,1-2H3,(H,26,27,29);1-2H3. The molecule has 5 heteroatoms. The molecule has 5 nitrogen and oxygen atoms in total. The summed E-state index contributed by atoms with van der Waals surface area (Å²) in [7, 11) is 0. The third kappa shape index (κ3) is 5.71. The van der Waals surface area contributed by atoms with Crippen LogP contribution >= 0.6 is 0 Å². The van der Waals surface area contributed by atoms with Gasteiger partial charge < -0.3 is 10.4 Å². The van der Waals surface area contributed by atoms with Crippen molar-refractivity contribution in [2.45, 2.75) is 72.3 Å². The van der Waals surface area contributed by atoms with Crippen LogP contribution in [0.25, 0.3) is 10.9 Å². The predicted molar refractivity (Wildman–Crippen MR) is 131 cm³/mol. The van der Waals surface area contributed by atoms with Gasteiger partial charge in [0.15, 0.2) is 0 Å². The van der Waals surface area contributed by atoms with Gasteiger partial charge in [-0.3, -0.25) is 9.78 Å². The van der Waals surface area contributed by atoms with Gasteiger partial charge in [0.2, 0.25) is 5.91 Å². The second-order valence-electron chi connectivity index (χ2n) is 8.42. The molecule has 32 heavy (non-hydrogen) atoms. The molecule has 0 saturated heterocycles. The number of amides is 1. The van der Waals surface area contributed by atoms with Crippen LogP contribution in [0.5, 0.6) is 0 Å². The maximum absolute atomic E-state index is 11.5. The van der Waals surface area contributed by atoms with Crippen molar-refractivity contribution in [2.24, 2.45) is 5.92 Å². The van der Waals surface area contributed by atoms with E-state index >= 15 is 0 Å². The number of nitrogens with zero attached hydrogens (tertiary/aromatic N) is 2. The number of fused-ring (bicyclic) bond motifs is 1. The van der Waals surface area contributed by atoms with Gasteiger partial charge in [0.05, 0.1) is 17.3 Å². The van der Waals surface area contributed by atoms with Gasteiger partial charge in [0, 0.05) is 24.9 Å². The molecule has 170 valence electrons. The fourth-order valence-corrected chi connectivity index (χ4v) is 4.45. The smallest absolute Gasteiger partial charge is 0.222 e. The molecule has 2 N–H and O–H groups in total. The van der Waals surface area contributed by atoms with Crippen molar-refractivity contribution in [2.75, 3.05) is 5.32 Å². The van der Waals surface area contributed by atoms with E-state index in [1.165, 1.54) is 31.7 Å². The Labute approximate surface area is 191 Å². The number of hydrogen-bond donors (Lipinski definition) is 2. The second kappa shape index (κ2) is 11.2. The van der Waals surface area contributed by atoms with Gasteiger partial charge in [-0.25, -0.2) is 4.98 Å². The number of aliphatic hydroxyl groups excluding tert-OH is 1. The zero-order chi connectivity index (χ0) is 23.1. The molecule has 1 saturated carbocycles. The van der Waals surface area contributed by atoms with Crippen LogP contribution in [0.2, 0.25) is 0 Å². The van der Waals surface area contributed by atoms with E-state index in [-0.39, 0.29) is 5.91 Å². The maximum atomic E-state index is 11.5. The minimum atomic E-state index is -0.481. The summed E-state index contributed by atoms with van der Waals surface area (Å²) in [6, 6.07) is 12.1. The van der Waals surface area contributed by atoms with Crippen molar-refractivity contribution in [1.82, 2.24) is 9.97 Å². The Bertz CT molecular complexity index is 1060. The summed E-state index contributed by atoms with van der Waals surface area (Å²) in [6.45, 7) is 7.57. The molecular formula is C27H35N3O2. The minimum Gasteiger partial charge on any atom is -0.387 e. The number of anilines is 1. The van der Waals surface area contributed by atoms with Crippen LogP contribution in [0.3, 0.4) is 0 Å². The number of rotatable bonds is 5. The quantitative estimate of drug-likeness (QED) is 0.508. The van der Waals surface area contributed by atoms with E-state index in [4.69, 9.17) is 4.98 Å². The van der Waals surface area contributed by atoms with E-state index < -0.39 is 6.10 Å². The lowest BCUT2D eigenvalue weighted by molar-refractivity contribution is -0.114. The summed E-state index contributed by atoms with van der Waals surface area (Å²) in [5.41, 5.74) is 4.98. The Morgan fingerprint density at radius 2 is 1.88 bits per heavy atom. The molecule has 0 radical (unpaired) electrons. The number of hydrogen-bond acceptors (Lipinski definition) is 4. The highest BCUT2D eigenvalue weighted by Crippen LogP contribution is 2.34. The van der Waals surface area contributed by atoms with Gasteiger partial charge >= 0.3 is 0 Å². The maximum Gasteiger partial charge on any atom is 0.222 e. The number of aliphatic hydroxyl groups is 1. The summed E-state index contributed by atoms with van der Waals surface area (Å²) in [5.74, 6) is 0.800. The van der Waals surface area contributed by atoms with Crippen LogP contribution in [0.1, 0.15) is 81.4 Å². The Balaban J connectivity index is 0.00000141. The first-order valence-electron chi connectivity index (χ1n) is 11.8. The first kappa shape index (κ1) is 23.9. The van der Waals surface area contributed by atoms with E-state index in [1.54, 1.807) is 6.20 Å². The highest BCUT2D eigenvalue weighted by atomic mass is 16.3. The molecule has 1 unspecified atom stereocenters. The van der Waals surface area contributed by atoms with Gasteiger partial charge in [0.25, 0.3) is 0 Å². The Kier molecular flexibility index (Phi) is 8.34. The number of nitrogens with one attached hydrogen (secondary N) is 1. The van der Waals surface area contributed by atoms with Crippen molar-refractivity contribution in [3.63, 3.8) is 0 Å². The molecule has 0 spiro atoms. The van der Waals surface area contributed by atoms with Crippen LogP contribution in [-0.2, 0) is 11.2 Å². The number of carbonyl (C=O) groups excluding carboxylic acids is 1. The number of carbonyl (C=O) groups is 1. The van der Waals surface area contributed by atoms with Crippen molar-refractivity contribution in [3.8, 4) is 0 Å². The van der Waals surface area contributed by atoms with Gasteiger partial charge in [-0.2, -0.15) is 0 Å². The first-order chi connectivity index (χ1) is 15.5. The van der Waals surface area contributed by atoms with E-state index in [9.17, 15) is 9.90 Å². The summed E-state index contributed by atoms with van der Waals surface area (Å²) in [5, 5.41) is 14.7. The largest absolute Gasteiger partial charge is 0.387 e.